The second-order valence-electron chi connectivity index (χ2n) is 19.3. The molecule has 0 saturated carbocycles. The third-order valence-corrected chi connectivity index (χ3v) is 13.8. The number of aromatic hydroxyl groups is 3. The number of amides is 7. The van der Waals surface area contributed by atoms with Crippen LogP contribution in [-0.2, 0) is 38.4 Å². The molecule has 10 rings (SSSR count). The van der Waals surface area contributed by atoms with Crippen LogP contribution in [0.1, 0.15) is 84.8 Å². The Morgan fingerprint density at radius 2 is 1.24 bits per heavy atom. The molecule has 5 aliphatic heterocycles. The number of carboxylic acids is 1. The largest absolute Gasteiger partial charge is 0.508 e. The van der Waals surface area contributed by atoms with Crippen LogP contribution in [0.2, 0.25) is 10.0 Å². The highest BCUT2D eigenvalue weighted by molar-refractivity contribution is 6.32. The highest BCUT2D eigenvalue weighted by Crippen LogP contribution is 2.45. The Labute approximate surface area is 458 Å². The molecule has 24 nitrogen and oxygen atoms in total. The Morgan fingerprint density at radius 3 is 1.82 bits per heavy atom. The molecule has 11 bridgehead atoms. The van der Waals surface area contributed by atoms with E-state index in [1.54, 1.807) is 0 Å². The van der Waals surface area contributed by atoms with E-state index in [9.17, 15) is 64.2 Å². The summed E-state index contributed by atoms with van der Waals surface area (Å²) in [6.07, 6.45) is -4.60. The van der Waals surface area contributed by atoms with E-state index in [0.29, 0.717) is 0 Å². The number of carboxylic acid groups (broad SMARTS) is 1. The molecule has 5 aromatic carbocycles. The number of likely N-dealkylation sites (N-methyl/N-ethyl adjacent to an activating group) is 1. The zero-order valence-electron chi connectivity index (χ0n) is 41.9. The first kappa shape index (κ1) is 56.5. The van der Waals surface area contributed by atoms with Crippen LogP contribution in [0.25, 0.3) is 11.1 Å². The number of hydrogen-bond donors (Lipinski definition) is 14. The molecular formula is C53H52Cl2N8O16. The molecule has 0 radical (unpaired) electrons. The normalized spacial score (nSPS) is 22.6. The standard InChI is InChI=1S/C53H52Cl2N8O16/c1-20(2)10-32(57-3)47(70)62-43-45(68)22-5-8-36(30(54)14-22)78-26-11-24-12-27(18-26)79-37-9-6-23(15-31(37)55)46(69)44-52(75)61-42(53(76)77)29-16-25(64)17-35(66)39(29)28-13-21(4-7-34(28)65)40(49(72)63-44)60-50(73)41(24)59-48(71)33(19-38(56)67)58-51(43)74/h4-9,11-18,20,32-33,40-46,57,64-66,68-69H,10,19H2,1-3H3,(H2,56,67)(H,58,74)(H,59,71)(H,60,73)(H,61,75)(H,62,70)(H,63,72)(H,76,77)/t32-,33+,40-,41-,42-,43?,44-,45-,46-/m1/s1. The van der Waals surface area contributed by atoms with Crippen LogP contribution in [0.3, 0.4) is 0 Å². The average Bonchev–Trinajstić information content (AvgIpc) is 3.47. The van der Waals surface area contributed by atoms with E-state index < -0.39 is 137 Å². The molecule has 0 aromatic heterocycles. The van der Waals surface area contributed by atoms with Crippen molar-refractivity contribution in [2.45, 2.75) is 81.2 Å². The first-order valence-corrected chi connectivity index (χ1v) is 25.0. The Morgan fingerprint density at radius 1 is 0.658 bits per heavy atom. The van der Waals surface area contributed by atoms with Gasteiger partial charge in [0.05, 0.1) is 22.5 Å². The lowest BCUT2D eigenvalue weighted by molar-refractivity contribution is -0.143. The first-order valence-electron chi connectivity index (χ1n) is 24.3. The monoisotopic (exact) mass is 1130 g/mol. The van der Waals surface area contributed by atoms with Crippen molar-refractivity contribution in [3.8, 4) is 51.4 Å². The summed E-state index contributed by atoms with van der Waals surface area (Å²) in [5.74, 6) is -12.7. The van der Waals surface area contributed by atoms with Crippen molar-refractivity contribution in [1.29, 1.82) is 0 Å². The number of halogens is 2. The molecule has 9 atom stereocenters. The number of benzene rings is 5. The van der Waals surface area contributed by atoms with Crippen molar-refractivity contribution in [1.82, 2.24) is 37.2 Å². The van der Waals surface area contributed by atoms with Crippen LogP contribution in [0, 0.1) is 5.92 Å². The van der Waals surface area contributed by atoms with Gasteiger partial charge >= 0.3 is 5.97 Å². The molecule has 79 heavy (non-hydrogen) atoms. The molecular weight excluding hydrogens is 1080 g/mol. The van der Waals surface area contributed by atoms with Gasteiger partial charge in [-0.05, 0) is 96.2 Å². The Kier molecular flexibility index (Phi) is 16.5. The molecule has 7 amide bonds. The van der Waals surface area contributed by atoms with Crippen molar-refractivity contribution >= 4 is 70.5 Å². The number of ether oxygens (including phenoxy) is 2. The smallest absolute Gasteiger partial charge is 0.330 e. The van der Waals surface area contributed by atoms with Gasteiger partial charge in [-0.25, -0.2) is 4.79 Å². The summed E-state index contributed by atoms with van der Waals surface area (Å²) in [5, 5.41) is 84.6. The number of carbonyl (C=O) groups is 8. The van der Waals surface area contributed by atoms with Gasteiger partial charge in [-0.2, -0.15) is 0 Å². The zero-order chi connectivity index (χ0) is 57.3. The van der Waals surface area contributed by atoms with Gasteiger partial charge in [0, 0.05) is 28.8 Å². The number of phenolic OH excluding ortho intramolecular Hbond substituents is 3. The van der Waals surface area contributed by atoms with Crippen LogP contribution in [0.4, 0.5) is 0 Å². The quantitative estimate of drug-likeness (QED) is 0.106. The third-order valence-electron chi connectivity index (χ3n) is 13.2. The van der Waals surface area contributed by atoms with E-state index in [0.717, 1.165) is 30.3 Å². The van der Waals surface area contributed by atoms with Crippen LogP contribution in [0.15, 0.2) is 84.9 Å². The van der Waals surface area contributed by atoms with Gasteiger partial charge in [0.25, 0.3) is 0 Å². The number of aliphatic hydroxyl groups excluding tert-OH is 2. The van der Waals surface area contributed by atoms with Crippen molar-refractivity contribution < 1.29 is 78.5 Å². The van der Waals surface area contributed by atoms with E-state index in [1.165, 1.54) is 61.6 Å². The summed E-state index contributed by atoms with van der Waals surface area (Å²) in [4.78, 5) is 113. The number of aliphatic carboxylic acids is 1. The molecule has 0 fully saturated rings. The fourth-order valence-corrected chi connectivity index (χ4v) is 9.77. The van der Waals surface area contributed by atoms with Gasteiger partial charge in [-0.15, -0.1) is 0 Å². The molecule has 5 heterocycles. The summed E-state index contributed by atoms with van der Waals surface area (Å²) in [5.41, 5.74) is 3.70. The predicted octanol–water partition coefficient (Wildman–Crippen LogP) is 2.69. The summed E-state index contributed by atoms with van der Waals surface area (Å²) in [6.45, 7) is 3.71. The number of rotatable bonds is 8. The Bertz CT molecular complexity index is 3320. The molecule has 5 aromatic rings. The van der Waals surface area contributed by atoms with E-state index >= 15 is 4.79 Å². The zero-order valence-corrected chi connectivity index (χ0v) is 43.4. The van der Waals surface area contributed by atoms with E-state index in [4.69, 9.17) is 38.4 Å². The van der Waals surface area contributed by atoms with Gasteiger partial charge in [0.1, 0.15) is 82.7 Å². The maximum atomic E-state index is 15.3. The van der Waals surface area contributed by atoms with E-state index in [-0.39, 0.29) is 73.2 Å². The lowest BCUT2D eigenvalue weighted by Crippen LogP contribution is -2.59. The van der Waals surface area contributed by atoms with E-state index in [1.807, 2.05) is 13.8 Å². The highest BCUT2D eigenvalue weighted by atomic mass is 35.5. The number of nitrogens with two attached hydrogens (primary N) is 1. The fraction of sp³-hybridized carbons (Fsp3) is 0.283. The molecule has 15 N–H and O–H groups in total. The van der Waals surface area contributed by atoms with Gasteiger partial charge < -0.3 is 83.1 Å². The minimum atomic E-state index is -2.15. The number of phenols is 3. The first-order chi connectivity index (χ1) is 37.4. The van der Waals surface area contributed by atoms with Crippen LogP contribution < -0.4 is 52.4 Å². The minimum Gasteiger partial charge on any atom is -0.508 e. The highest BCUT2D eigenvalue weighted by Gasteiger charge is 2.41. The molecule has 26 heteroatoms. The predicted molar refractivity (Wildman–Crippen MR) is 278 cm³/mol. The second-order valence-corrected chi connectivity index (χ2v) is 20.1. The van der Waals surface area contributed by atoms with Crippen LogP contribution >= 0.6 is 23.2 Å². The second kappa shape index (κ2) is 23.1. The summed E-state index contributed by atoms with van der Waals surface area (Å²) < 4.78 is 12.5. The SMILES string of the molecule is CN[C@H](CC(C)C)C(=O)NC1C(=O)N[C@@H](CC(N)=O)C(=O)N[C@H]2C(=O)N[C@H]3C(=O)N[C@@H](C(=O)N[C@@H](C(=O)O)c4cc(O)cc(O)c4-c4cc3ccc4O)[C@H](O)c3ccc(c(Cl)c3)Oc3cc(cc2c3)Oc2ccc(cc2Cl)[C@H]1O. The van der Waals surface area contributed by atoms with Gasteiger partial charge in [-0.3, -0.25) is 33.6 Å². The number of fused-ring (bicyclic) bond motifs is 15. The summed E-state index contributed by atoms with van der Waals surface area (Å²) in [6, 6.07) is 3.28. The van der Waals surface area contributed by atoms with Gasteiger partial charge in [-0.1, -0.05) is 55.2 Å². The van der Waals surface area contributed by atoms with Crippen LogP contribution in [0.5, 0.6) is 40.2 Å². The lowest BCUT2D eigenvalue weighted by Gasteiger charge is -2.31. The minimum absolute atomic E-state index is 0.00948. The number of nitrogens with one attached hydrogen (secondary N) is 7. The molecule has 1 unspecified atom stereocenters. The Hall–Kier alpha value is -8.68. The number of primary amides is 1. The van der Waals surface area contributed by atoms with Crippen molar-refractivity contribution in [3.05, 3.63) is 123 Å². The molecule has 0 saturated heterocycles. The fourth-order valence-electron chi connectivity index (χ4n) is 9.31. The number of aliphatic hydroxyl groups is 2. The molecule has 5 aliphatic rings. The molecule has 414 valence electrons. The van der Waals surface area contributed by atoms with Crippen molar-refractivity contribution in [2.75, 3.05) is 7.05 Å². The van der Waals surface area contributed by atoms with Gasteiger partial charge in [0.2, 0.25) is 41.4 Å². The lowest BCUT2D eigenvalue weighted by atomic mass is 9.89. The topological polar surface area (TPSA) is 387 Å². The molecule has 0 spiro atoms. The third kappa shape index (κ3) is 12.2. The van der Waals surface area contributed by atoms with E-state index in [2.05, 4.69) is 37.2 Å². The molecule has 0 aliphatic carbocycles. The van der Waals surface area contributed by atoms with Crippen molar-refractivity contribution in [2.24, 2.45) is 11.7 Å². The number of carbonyl (C=O) groups excluding carboxylic acids is 7. The maximum absolute atomic E-state index is 15.3. The average molecular weight is 1130 g/mol. The Balaban J connectivity index is 1.34. The van der Waals surface area contributed by atoms with Crippen LogP contribution in [-0.4, -0.2) is 109 Å². The number of hydrogen-bond acceptors (Lipinski definition) is 16. The van der Waals surface area contributed by atoms with Crippen molar-refractivity contribution in [3.63, 3.8) is 0 Å². The summed E-state index contributed by atoms with van der Waals surface area (Å²) in [7, 11) is 1.51. The summed E-state index contributed by atoms with van der Waals surface area (Å²) >= 11 is 13.5. The van der Waals surface area contributed by atoms with Gasteiger partial charge in [0.15, 0.2) is 6.04 Å². The maximum Gasteiger partial charge on any atom is 0.330 e.